The second-order valence-electron chi connectivity index (χ2n) is 11.0. The van der Waals surface area contributed by atoms with Crippen LogP contribution in [0.15, 0.2) is 89.9 Å². The molecule has 0 N–H and O–H groups in total. The number of Topliss-reactive ketones (excluding diaryl/α,β-unsaturated/α-hetero) is 1. The molecule has 1 aliphatic carbocycles. The Morgan fingerprint density at radius 2 is 1.49 bits per heavy atom. The van der Waals surface area contributed by atoms with Crippen molar-refractivity contribution in [3.63, 3.8) is 0 Å². The number of methoxy groups -OCH3 is 4. The molecule has 9 heteroatoms. The fourth-order valence-electron chi connectivity index (χ4n) is 6.42. The Labute approximate surface area is 267 Å². The Bertz CT molecular complexity index is 1760. The third kappa shape index (κ3) is 5.51. The summed E-state index contributed by atoms with van der Waals surface area (Å²) in [5.74, 6) is 0.616. The number of carbonyl (C=O) groups is 2. The van der Waals surface area contributed by atoms with Crippen molar-refractivity contribution in [2.75, 3.05) is 33.3 Å². The summed E-state index contributed by atoms with van der Waals surface area (Å²) in [4.78, 5) is 36.0. The molecule has 0 saturated heterocycles. The Morgan fingerprint density at radius 1 is 0.822 bits per heavy atom. The lowest BCUT2D eigenvalue weighted by atomic mass is 9.72. The number of ether oxygens (including phenoxy) is 4. The Kier molecular flexibility index (Phi) is 8.50. The number of anilines is 1. The maximum absolute atomic E-state index is 14.8. The van der Waals surface area contributed by atoms with E-state index in [1.54, 1.807) is 30.2 Å². The number of nitrogens with zero attached hydrogens (tertiary/aromatic N) is 2. The van der Waals surface area contributed by atoms with E-state index in [9.17, 15) is 9.59 Å². The van der Waals surface area contributed by atoms with E-state index < -0.39 is 12.0 Å². The van der Waals surface area contributed by atoms with E-state index >= 15 is 0 Å². The zero-order valence-corrected chi connectivity index (χ0v) is 26.2. The first kappa shape index (κ1) is 30.2. The monoisotopic (exact) mass is 624 g/mol. The molecule has 230 valence electrons. The van der Waals surface area contributed by atoms with Gasteiger partial charge in [0, 0.05) is 22.7 Å². The molecular weight excluding hydrogens is 592 g/mol. The lowest BCUT2D eigenvalue weighted by molar-refractivity contribution is -0.122. The topological polar surface area (TPSA) is 86.7 Å². The van der Waals surface area contributed by atoms with Crippen LogP contribution >= 0.6 is 11.6 Å². The Balaban J connectivity index is 1.53. The van der Waals surface area contributed by atoms with Gasteiger partial charge in [0.2, 0.25) is 5.75 Å². The van der Waals surface area contributed by atoms with Crippen LogP contribution in [0.3, 0.4) is 0 Å². The SMILES string of the molecule is COc1ccc(C2CC(=O)C3C(=Nc4ccccc4N(C(=O)c4cc(OC)c(OC)c(OC)c4)C3c3ccccc3Cl)C2)cc1. The highest BCUT2D eigenvalue weighted by molar-refractivity contribution is 6.31. The summed E-state index contributed by atoms with van der Waals surface area (Å²) >= 11 is 6.86. The van der Waals surface area contributed by atoms with E-state index in [0.29, 0.717) is 63.3 Å². The van der Waals surface area contributed by atoms with Crippen LogP contribution in [0.25, 0.3) is 0 Å². The Hall–Kier alpha value is -4.82. The van der Waals surface area contributed by atoms with E-state index in [4.69, 9.17) is 35.5 Å². The van der Waals surface area contributed by atoms with Gasteiger partial charge < -0.3 is 18.9 Å². The maximum atomic E-state index is 14.8. The Morgan fingerprint density at radius 3 is 2.13 bits per heavy atom. The van der Waals surface area contributed by atoms with Crippen LogP contribution in [-0.4, -0.2) is 45.8 Å². The molecule has 1 aliphatic heterocycles. The molecule has 0 aromatic heterocycles. The van der Waals surface area contributed by atoms with E-state index in [1.165, 1.54) is 21.3 Å². The third-order valence-electron chi connectivity index (χ3n) is 8.55. The van der Waals surface area contributed by atoms with Crippen LogP contribution < -0.4 is 23.8 Å². The molecule has 8 nitrogen and oxygen atoms in total. The average Bonchev–Trinajstić information content (AvgIpc) is 3.22. The minimum absolute atomic E-state index is 0.0127. The molecule has 45 heavy (non-hydrogen) atoms. The average molecular weight is 625 g/mol. The van der Waals surface area contributed by atoms with Crippen LogP contribution in [-0.2, 0) is 4.79 Å². The summed E-state index contributed by atoms with van der Waals surface area (Å²) < 4.78 is 22.0. The van der Waals surface area contributed by atoms with Crippen LogP contribution in [0.4, 0.5) is 11.4 Å². The van der Waals surface area contributed by atoms with Gasteiger partial charge in [0.25, 0.3) is 5.91 Å². The summed E-state index contributed by atoms with van der Waals surface area (Å²) in [6.45, 7) is 0. The first-order valence-corrected chi connectivity index (χ1v) is 15.0. The van der Waals surface area contributed by atoms with Crippen LogP contribution in [0.5, 0.6) is 23.0 Å². The highest BCUT2D eigenvalue weighted by atomic mass is 35.5. The summed E-state index contributed by atoms with van der Waals surface area (Å²) in [6, 6.07) is 25.1. The van der Waals surface area contributed by atoms with Crippen molar-refractivity contribution >= 4 is 40.4 Å². The van der Waals surface area contributed by atoms with Crippen molar-refractivity contribution in [1.82, 2.24) is 0 Å². The largest absolute Gasteiger partial charge is 0.497 e. The van der Waals surface area contributed by atoms with Gasteiger partial charge in [-0.1, -0.05) is 54.1 Å². The standard InChI is InChI=1S/C36H33ClN2O6/c1-42-24-15-13-21(14-16-24)22-17-28-33(30(40)18-22)34(25-9-5-6-10-26(25)37)39(29-12-8-7-11-27(29)38-28)36(41)23-19-31(43-2)35(45-4)32(20-23)44-3/h5-16,19-20,22,33-34H,17-18H2,1-4H3. The zero-order chi connectivity index (χ0) is 31.7. The molecule has 6 rings (SSSR count). The van der Waals surface area contributed by atoms with Crippen molar-refractivity contribution in [1.29, 1.82) is 0 Å². The normalized spacial score (nSPS) is 19.0. The van der Waals surface area contributed by atoms with Gasteiger partial charge in [-0.15, -0.1) is 0 Å². The van der Waals surface area contributed by atoms with Gasteiger partial charge in [0.1, 0.15) is 11.5 Å². The molecule has 4 aromatic carbocycles. The predicted octanol–water partition coefficient (Wildman–Crippen LogP) is 7.61. The molecule has 0 spiro atoms. The highest BCUT2D eigenvalue weighted by Gasteiger charge is 2.47. The second-order valence-corrected chi connectivity index (χ2v) is 11.4. The van der Waals surface area contributed by atoms with Gasteiger partial charge in [0.05, 0.1) is 51.8 Å². The van der Waals surface area contributed by atoms with Crippen LogP contribution in [0.1, 0.15) is 46.3 Å². The minimum atomic E-state index is -0.767. The van der Waals surface area contributed by atoms with Crippen molar-refractivity contribution in [2.45, 2.75) is 24.8 Å². The van der Waals surface area contributed by atoms with Gasteiger partial charge in [-0.2, -0.15) is 0 Å². The molecule has 0 radical (unpaired) electrons. The molecule has 3 unspecified atom stereocenters. The van der Waals surface area contributed by atoms with E-state index in [-0.39, 0.29) is 17.6 Å². The fourth-order valence-corrected chi connectivity index (χ4v) is 6.67. The van der Waals surface area contributed by atoms with Gasteiger partial charge in [-0.3, -0.25) is 19.5 Å². The maximum Gasteiger partial charge on any atom is 0.259 e. The number of benzene rings is 4. The molecule has 1 saturated carbocycles. The van der Waals surface area contributed by atoms with Gasteiger partial charge >= 0.3 is 0 Å². The fraction of sp³-hybridized carbons (Fsp3) is 0.250. The zero-order valence-electron chi connectivity index (χ0n) is 25.5. The second kappa shape index (κ2) is 12.7. The number of rotatable bonds is 7. The molecule has 3 atom stereocenters. The molecular formula is C36H33ClN2O6. The predicted molar refractivity (Wildman–Crippen MR) is 174 cm³/mol. The molecule has 2 aliphatic rings. The van der Waals surface area contributed by atoms with Crippen molar-refractivity contribution in [2.24, 2.45) is 10.9 Å². The number of amides is 1. The van der Waals surface area contributed by atoms with Crippen molar-refractivity contribution < 1.29 is 28.5 Å². The number of hydrogen-bond acceptors (Lipinski definition) is 7. The quantitative estimate of drug-likeness (QED) is 0.210. The number of hydrogen-bond donors (Lipinski definition) is 0. The summed E-state index contributed by atoms with van der Waals surface area (Å²) in [6.07, 6.45) is 0.837. The number of aliphatic imine (C=N–C) groups is 1. The molecule has 4 aromatic rings. The number of halogens is 1. The third-order valence-corrected chi connectivity index (χ3v) is 8.89. The highest BCUT2D eigenvalue weighted by Crippen LogP contribution is 2.49. The molecule has 1 fully saturated rings. The molecule has 0 bridgehead atoms. The lowest BCUT2D eigenvalue weighted by Gasteiger charge is -2.39. The molecule has 1 amide bonds. The number of fused-ring (bicyclic) bond motifs is 2. The van der Waals surface area contributed by atoms with Gasteiger partial charge in [0.15, 0.2) is 11.5 Å². The van der Waals surface area contributed by atoms with Gasteiger partial charge in [-0.25, -0.2) is 0 Å². The minimum Gasteiger partial charge on any atom is -0.497 e. The lowest BCUT2D eigenvalue weighted by Crippen LogP contribution is -2.45. The number of para-hydroxylation sites is 2. The van der Waals surface area contributed by atoms with E-state index in [0.717, 1.165) is 11.3 Å². The molecule has 1 heterocycles. The van der Waals surface area contributed by atoms with E-state index in [2.05, 4.69) is 0 Å². The van der Waals surface area contributed by atoms with E-state index in [1.807, 2.05) is 66.7 Å². The number of ketones is 1. The first-order valence-electron chi connectivity index (χ1n) is 14.6. The first-order chi connectivity index (χ1) is 21.9. The van der Waals surface area contributed by atoms with Crippen LogP contribution in [0, 0.1) is 5.92 Å². The summed E-state index contributed by atoms with van der Waals surface area (Å²) in [5, 5.41) is 0.453. The smallest absolute Gasteiger partial charge is 0.259 e. The van der Waals surface area contributed by atoms with Crippen molar-refractivity contribution in [3.05, 3.63) is 107 Å². The van der Waals surface area contributed by atoms with Crippen molar-refractivity contribution in [3.8, 4) is 23.0 Å². The summed E-state index contributed by atoms with van der Waals surface area (Å²) in [5.41, 5.74) is 3.85. The van der Waals surface area contributed by atoms with Gasteiger partial charge in [-0.05, 0) is 65.9 Å². The number of carbonyl (C=O) groups excluding carboxylic acids is 2. The summed E-state index contributed by atoms with van der Waals surface area (Å²) in [7, 11) is 6.13. The van der Waals surface area contributed by atoms with Crippen LogP contribution in [0.2, 0.25) is 5.02 Å².